The number of hydrogen-bond acceptors (Lipinski definition) is 6. The predicted octanol–water partition coefficient (Wildman–Crippen LogP) is 0.383. The van der Waals surface area contributed by atoms with E-state index in [0.717, 1.165) is 0 Å². The molecule has 0 atom stereocenters. The van der Waals surface area contributed by atoms with Crippen LogP contribution in [-0.4, -0.2) is 17.7 Å². The summed E-state index contributed by atoms with van der Waals surface area (Å²) in [5, 5.41) is 3.70. The number of rotatable bonds is 1. The summed E-state index contributed by atoms with van der Waals surface area (Å²) in [5.74, 6) is 0.529. The Hall–Kier alpha value is -0.490. The summed E-state index contributed by atoms with van der Waals surface area (Å²) in [6, 6.07) is 0. The number of thiol groups is 2. The predicted molar refractivity (Wildman–Crippen MR) is 45.5 cm³/mol. The minimum atomic E-state index is 0.529. The lowest BCUT2D eigenvalue weighted by molar-refractivity contribution is 0.188. The first-order chi connectivity index (χ1) is 4.75. The zero-order valence-electron chi connectivity index (χ0n) is 5.27. The van der Waals surface area contributed by atoms with E-state index in [1.807, 2.05) is 0 Å². The van der Waals surface area contributed by atoms with Gasteiger partial charge in [-0.25, -0.2) is 5.53 Å². The summed E-state index contributed by atoms with van der Waals surface area (Å²) in [5.41, 5.74) is 2.55. The van der Waals surface area contributed by atoms with Crippen LogP contribution < -0.4 is 5.53 Å². The van der Waals surface area contributed by atoms with Crippen LogP contribution in [0.15, 0.2) is 15.9 Å². The molecule has 0 unspecified atom stereocenters. The van der Waals surface area contributed by atoms with Crippen molar-refractivity contribution in [1.29, 1.82) is 0 Å². The van der Waals surface area contributed by atoms with Crippen molar-refractivity contribution in [3.05, 3.63) is 10.8 Å². The number of methoxy groups -OCH3 is 1. The highest BCUT2D eigenvalue weighted by molar-refractivity contribution is 7.85. The van der Waals surface area contributed by atoms with Gasteiger partial charge in [-0.2, -0.15) is 9.52 Å². The molecule has 0 aromatic heterocycles. The molecular formula is C4H7N3OS2. The molecule has 0 aromatic rings. The van der Waals surface area contributed by atoms with Crippen LogP contribution in [0.2, 0.25) is 0 Å². The molecule has 0 fully saturated rings. The summed E-state index contributed by atoms with van der Waals surface area (Å²) >= 11 is 8.04. The van der Waals surface area contributed by atoms with E-state index in [0.29, 0.717) is 10.8 Å². The first kappa shape index (κ1) is 7.62. The molecule has 0 saturated heterocycles. The average Bonchev–Trinajstić information content (AvgIpc) is 1.88. The normalized spacial score (nSPS) is 17.3. The molecule has 1 aliphatic rings. The lowest BCUT2D eigenvalue weighted by Crippen LogP contribution is -2.29. The van der Waals surface area contributed by atoms with E-state index in [-0.39, 0.29) is 0 Å². The van der Waals surface area contributed by atoms with E-state index in [1.54, 1.807) is 0 Å². The van der Waals surface area contributed by atoms with Gasteiger partial charge >= 0.3 is 0 Å². The zero-order chi connectivity index (χ0) is 7.56. The largest absolute Gasteiger partial charge is 0.480 e. The van der Waals surface area contributed by atoms with Crippen LogP contribution in [-0.2, 0) is 4.74 Å². The molecule has 56 valence electrons. The summed E-state index contributed by atoms with van der Waals surface area (Å²) in [4.78, 5) is 0.635. The lowest BCUT2D eigenvalue weighted by atomic mass is 10.6. The van der Waals surface area contributed by atoms with Gasteiger partial charge in [-0.05, 0) is 12.8 Å². The van der Waals surface area contributed by atoms with Gasteiger partial charge in [-0.15, -0.1) is 12.6 Å². The third-order valence-electron chi connectivity index (χ3n) is 0.944. The van der Waals surface area contributed by atoms with Crippen LogP contribution in [0.3, 0.4) is 0 Å². The van der Waals surface area contributed by atoms with Crippen LogP contribution in [0.5, 0.6) is 0 Å². The maximum Gasteiger partial charge on any atom is 0.235 e. The second-order valence-corrected chi connectivity index (χ2v) is 2.45. The first-order valence-corrected chi connectivity index (χ1v) is 3.35. The van der Waals surface area contributed by atoms with Gasteiger partial charge < -0.3 is 4.74 Å². The third kappa shape index (κ3) is 1.32. The molecule has 0 amide bonds. The molecule has 1 N–H and O–H groups in total. The summed E-state index contributed by atoms with van der Waals surface area (Å²) < 4.78 is 6.25. The van der Waals surface area contributed by atoms with Crippen LogP contribution >= 0.6 is 25.4 Å². The number of hydrazine groups is 1. The van der Waals surface area contributed by atoms with Gasteiger partial charge in [0.15, 0.2) is 0 Å². The van der Waals surface area contributed by atoms with E-state index in [4.69, 9.17) is 4.74 Å². The number of allylic oxidation sites excluding steroid dienone is 1. The van der Waals surface area contributed by atoms with Crippen molar-refractivity contribution in [3.8, 4) is 0 Å². The number of hydrogen-bond donors (Lipinski definition) is 3. The van der Waals surface area contributed by atoms with E-state index in [2.05, 4.69) is 36.1 Å². The quantitative estimate of drug-likeness (QED) is 0.507. The molecule has 0 aliphatic carbocycles. The minimum Gasteiger partial charge on any atom is -0.480 e. The van der Waals surface area contributed by atoms with Crippen molar-refractivity contribution in [2.45, 2.75) is 0 Å². The Kier molecular flexibility index (Phi) is 2.34. The Morgan fingerprint density at radius 2 is 2.50 bits per heavy atom. The number of nitrogens with one attached hydrogen (secondary N) is 1. The molecule has 4 nitrogen and oxygen atoms in total. The first-order valence-electron chi connectivity index (χ1n) is 2.50. The molecule has 0 saturated carbocycles. The molecule has 0 bridgehead atoms. The molecule has 10 heavy (non-hydrogen) atoms. The Morgan fingerprint density at radius 3 is 2.90 bits per heavy atom. The molecule has 1 aliphatic heterocycles. The fraction of sp³-hybridized carbons (Fsp3) is 0.250. The monoisotopic (exact) mass is 177 g/mol. The van der Waals surface area contributed by atoms with Gasteiger partial charge in [0, 0.05) is 0 Å². The highest BCUT2D eigenvalue weighted by Gasteiger charge is 2.11. The van der Waals surface area contributed by atoms with E-state index < -0.39 is 0 Å². The van der Waals surface area contributed by atoms with Crippen LogP contribution in [0, 0.1) is 0 Å². The summed E-state index contributed by atoms with van der Waals surface area (Å²) in [6.07, 6.45) is 1.54. The molecule has 0 aromatic carbocycles. The van der Waals surface area contributed by atoms with Gasteiger partial charge in [0.2, 0.25) is 5.88 Å². The van der Waals surface area contributed by atoms with Crippen molar-refractivity contribution < 1.29 is 4.74 Å². The zero-order valence-corrected chi connectivity index (χ0v) is 7.06. The topological polar surface area (TPSA) is 36.9 Å². The van der Waals surface area contributed by atoms with Crippen molar-refractivity contribution >= 4 is 31.7 Å². The van der Waals surface area contributed by atoms with Crippen LogP contribution in [0.4, 0.5) is 0 Å². The highest BCUT2D eigenvalue weighted by atomic mass is 32.1. The Morgan fingerprint density at radius 1 is 1.80 bits per heavy atom. The molecule has 1 heterocycles. The minimum absolute atomic E-state index is 0.529. The van der Waals surface area contributed by atoms with Gasteiger partial charge in [-0.1, -0.05) is 0 Å². The fourth-order valence-electron chi connectivity index (χ4n) is 0.545. The van der Waals surface area contributed by atoms with Gasteiger partial charge in [0.25, 0.3) is 0 Å². The Bertz CT molecular complexity index is 191. The maximum atomic E-state index is 4.91. The summed E-state index contributed by atoms with van der Waals surface area (Å²) in [7, 11) is 1.54. The SMILES string of the molecule is COC1=C(S)C=NNN1S. The van der Waals surface area contributed by atoms with Crippen molar-refractivity contribution in [1.82, 2.24) is 9.95 Å². The number of ether oxygens (including phenoxy) is 1. The second kappa shape index (κ2) is 3.07. The lowest BCUT2D eigenvalue weighted by Gasteiger charge is -2.21. The van der Waals surface area contributed by atoms with Gasteiger partial charge in [0.05, 0.1) is 18.2 Å². The highest BCUT2D eigenvalue weighted by Crippen LogP contribution is 2.15. The smallest absolute Gasteiger partial charge is 0.235 e. The van der Waals surface area contributed by atoms with E-state index >= 15 is 0 Å². The van der Waals surface area contributed by atoms with Crippen molar-refractivity contribution in [2.75, 3.05) is 7.11 Å². The Balaban J connectivity index is 2.83. The van der Waals surface area contributed by atoms with Crippen LogP contribution in [0.1, 0.15) is 0 Å². The number of nitrogens with zero attached hydrogens (tertiary/aromatic N) is 2. The fourth-order valence-corrected chi connectivity index (χ4v) is 1.11. The average molecular weight is 177 g/mol. The molecule has 6 heteroatoms. The number of hydrazone groups is 1. The van der Waals surface area contributed by atoms with Gasteiger partial charge in [0.1, 0.15) is 0 Å². The van der Waals surface area contributed by atoms with Crippen molar-refractivity contribution in [2.24, 2.45) is 5.10 Å². The molecule has 0 radical (unpaired) electrons. The van der Waals surface area contributed by atoms with Crippen LogP contribution in [0.25, 0.3) is 0 Å². The standard InChI is InChI=1S/C4H7N3OS2/c1-8-4-3(9)2-5-6-7(4)10/h2,6,9-10H,1H3. The molecular weight excluding hydrogens is 170 g/mol. The molecule has 1 rings (SSSR count). The van der Waals surface area contributed by atoms with Crippen molar-refractivity contribution in [3.63, 3.8) is 0 Å². The summed E-state index contributed by atoms with van der Waals surface area (Å²) in [6.45, 7) is 0. The second-order valence-electron chi connectivity index (χ2n) is 1.56. The van der Waals surface area contributed by atoms with Gasteiger partial charge in [-0.3, -0.25) is 0 Å². The maximum absolute atomic E-state index is 4.91. The molecule has 0 spiro atoms. The van der Waals surface area contributed by atoms with E-state index in [9.17, 15) is 0 Å². The third-order valence-corrected chi connectivity index (χ3v) is 1.52. The Labute approximate surface area is 69.8 Å². The van der Waals surface area contributed by atoms with E-state index in [1.165, 1.54) is 17.7 Å².